The first-order chi connectivity index (χ1) is 10.3. The molecular formula is C14H17ClF3NO3S. The van der Waals surface area contributed by atoms with Crippen LogP contribution in [0.25, 0.3) is 0 Å². The van der Waals surface area contributed by atoms with Gasteiger partial charge in [0.05, 0.1) is 18.0 Å². The minimum atomic E-state index is -4.61. The average Bonchev–Trinajstić information content (AvgIpc) is 2.34. The van der Waals surface area contributed by atoms with Gasteiger partial charge in [0.1, 0.15) is 4.75 Å². The van der Waals surface area contributed by atoms with Crippen molar-refractivity contribution in [3.8, 4) is 0 Å². The number of alkyl halides is 3. The van der Waals surface area contributed by atoms with Gasteiger partial charge in [-0.1, -0.05) is 11.6 Å². The summed E-state index contributed by atoms with van der Waals surface area (Å²) >= 11 is 4.06. The van der Waals surface area contributed by atoms with Crippen molar-refractivity contribution in [3.05, 3.63) is 34.3 Å². The van der Waals surface area contributed by atoms with Gasteiger partial charge in [-0.05, 0) is 44.5 Å². The van der Waals surface area contributed by atoms with Gasteiger partial charge >= 0.3 is 12.1 Å². The molecule has 23 heavy (non-hydrogen) atoms. The van der Waals surface area contributed by atoms with Crippen molar-refractivity contribution in [2.75, 3.05) is 0 Å². The van der Waals surface area contributed by atoms with Crippen LogP contribution in [0.5, 0.6) is 0 Å². The third-order valence-electron chi connectivity index (χ3n) is 2.83. The van der Waals surface area contributed by atoms with Crippen LogP contribution in [-0.2, 0) is 22.3 Å². The summed E-state index contributed by atoms with van der Waals surface area (Å²) in [5.74, 6) is -1.23. The lowest BCUT2D eigenvalue weighted by Crippen LogP contribution is -2.41. The van der Waals surface area contributed by atoms with Gasteiger partial charge in [0, 0.05) is 16.4 Å². The maximum atomic E-state index is 12.9. The highest BCUT2D eigenvalue weighted by Gasteiger charge is 2.34. The second-order valence-corrected chi connectivity index (χ2v) is 8.35. The van der Waals surface area contributed by atoms with Gasteiger partial charge in [0.25, 0.3) is 0 Å². The van der Waals surface area contributed by atoms with E-state index in [0.29, 0.717) is 0 Å². The first-order valence-corrected chi connectivity index (χ1v) is 8.11. The zero-order valence-corrected chi connectivity index (χ0v) is 14.3. The van der Waals surface area contributed by atoms with Crippen LogP contribution in [0.15, 0.2) is 18.2 Å². The van der Waals surface area contributed by atoms with E-state index in [1.807, 2.05) is 0 Å². The predicted octanol–water partition coefficient (Wildman–Crippen LogP) is 3.93. The summed E-state index contributed by atoms with van der Waals surface area (Å²) in [5, 5.41) is 8.79. The molecule has 0 bridgehead atoms. The molecule has 9 heteroatoms. The van der Waals surface area contributed by atoms with E-state index >= 15 is 0 Å². The number of rotatable bonds is 5. The minimum absolute atomic E-state index is 0.0184. The van der Waals surface area contributed by atoms with Crippen molar-refractivity contribution in [2.45, 2.75) is 44.2 Å². The summed E-state index contributed by atoms with van der Waals surface area (Å²) in [6, 6.07) is 1.74. The molecule has 0 saturated heterocycles. The van der Waals surface area contributed by atoms with Gasteiger partial charge in [-0.25, -0.2) is 0 Å². The van der Waals surface area contributed by atoms with Gasteiger partial charge in [-0.2, -0.15) is 13.2 Å². The Morgan fingerprint density at radius 2 is 1.91 bits per heavy atom. The summed E-state index contributed by atoms with van der Waals surface area (Å²) in [6.45, 7) is 4.98. The number of nitrogens with one attached hydrogen (secondary N) is 1. The van der Waals surface area contributed by atoms with Crippen LogP contribution in [0.4, 0.5) is 13.2 Å². The Hall–Kier alpha value is -0.960. The molecule has 0 amide bonds. The van der Waals surface area contributed by atoms with Crippen LogP contribution in [0.2, 0.25) is 5.02 Å². The Morgan fingerprint density at radius 1 is 1.35 bits per heavy atom. The largest absolute Gasteiger partial charge is 0.598 e. The molecule has 2 unspecified atom stereocenters. The minimum Gasteiger partial charge on any atom is -0.598 e. The molecule has 0 aliphatic heterocycles. The van der Waals surface area contributed by atoms with Crippen molar-refractivity contribution >= 4 is 28.9 Å². The molecule has 0 aromatic heterocycles. The number of carboxylic acids is 1. The monoisotopic (exact) mass is 371 g/mol. The average molecular weight is 372 g/mol. The number of carbonyl (C=O) groups is 1. The van der Waals surface area contributed by atoms with Gasteiger partial charge in [-0.3, -0.25) is 4.79 Å². The fourth-order valence-electron chi connectivity index (χ4n) is 1.69. The van der Waals surface area contributed by atoms with Crippen molar-refractivity contribution < 1.29 is 27.6 Å². The third kappa shape index (κ3) is 6.21. The molecule has 0 aliphatic rings. The highest BCUT2D eigenvalue weighted by molar-refractivity contribution is 7.90. The fraction of sp³-hybridized carbons (Fsp3) is 0.500. The number of hydrogen-bond acceptors (Lipinski definition) is 3. The number of benzene rings is 1. The Morgan fingerprint density at radius 3 is 2.35 bits per heavy atom. The summed E-state index contributed by atoms with van der Waals surface area (Å²) in [6.07, 6.45) is -5.14. The lowest BCUT2D eigenvalue weighted by Gasteiger charge is -2.28. The molecule has 1 aromatic rings. The topological polar surface area (TPSA) is 72.4 Å². The van der Waals surface area contributed by atoms with Crippen LogP contribution in [0.3, 0.4) is 0 Å². The Bertz CT molecular complexity index is 575. The Balaban J connectivity index is 3.22. The molecule has 1 rings (SSSR count). The smallest absolute Gasteiger partial charge is 0.416 e. The third-order valence-corrected chi connectivity index (χ3v) is 4.66. The van der Waals surface area contributed by atoms with Crippen LogP contribution in [0, 0.1) is 0 Å². The molecule has 4 nitrogen and oxygen atoms in total. The van der Waals surface area contributed by atoms with Crippen molar-refractivity contribution in [1.29, 1.82) is 0 Å². The number of carboxylic acid groups (broad SMARTS) is 1. The van der Waals surface area contributed by atoms with Gasteiger partial charge in [-0.15, -0.1) is 4.72 Å². The molecule has 0 radical (unpaired) electrons. The van der Waals surface area contributed by atoms with E-state index in [1.54, 1.807) is 20.8 Å². The number of aliphatic carboxylic acids is 1. The quantitative estimate of drug-likeness (QED) is 0.769. The van der Waals surface area contributed by atoms with Crippen molar-refractivity contribution in [2.24, 2.45) is 0 Å². The fourth-order valence-corrected chi connectivity index (χ4v) is 2.76. The van der Waals surface area contributed by atoms with Crippen molar-refractivity contribution in [3.63, 3.8) is 0 Å². The highest BCUT2D eigenvalue weighted by atomic mass is 35.5. The summed E-state index contributed by atoms with van der Waals surface area (Å²) in [4.78, 5) is 11.0. The maximum absolute atomic E-state index is 12.9. The SMILES string of the molecule is CC(C)(C)[S+]([O-])NC(CC(=O)O)c1cc(Cl)cc(C(F)(F)F)c1. The summed E-state index contributed by atoms with van der Waals surface area (Å²) in [5.41, 5.74) is -0.969. The van der Waals surface area contributed by atoms with E-state index in [1.165, 1.54) is 6.07 Å². The molecule has 0 spiro atoms. The molecule has 0 saturated carbocycles. The van der Waals surface area contributed by atoms with Gasteiger partial charge < -0.3 is 9.66 Å². The standard InChI is InChI=1S/C14H17ClF3NO3S/c1-13(2,3)23(22)19-11(7-12(20)21)8-4-9(14(16,17)18)6-10(15)5-8/h4-6,11,19H,7H2,1-3H3,(H,20,21). The van der Waals surface area contributed by atoms with E-state index in [0.717, 1.165) is 12.1 Å². The number of hydrogen-bond donors (Lipinski definition) is 2. The second kappa shape index (κ2) is 7.29. The van der Waals surface area contributed by atoms with E-state index in [4.69, 9.17) is 16.7 Å². The first-order valence-electron chi connectivity index (χ1n) is 6.58. The molecule has 0 fully saturated rings. The molecule has 0 aliphatic carbocycles. The molecule has 0 heterocycles. The predicted molar refractivity (Wildman–Crippen MR) is 82.5 cm³/mol. The molecule has 2 N–H and O–H groups in total. The van der Waals surface area contributed by atoms with E-state index in [2.05, 4.69) is 4.72 Å². The van der Waals surface area contributed by atoms with Crippen molar-refractivity contribution in [1.82, 2.24) is 4.72 Å². The Labute approximate surface area is 140 Å². The molecule has 2 atom stereocenters. The van der Waals surface area contributed by atoms with Gasteiger partial charge in [0.2, 0.25) is 0 Å². The first kappa shape index (κ1) is 20.1. The number of halogens is 4. The highest BCUT2D eigenvalue weighted by Crippen LogP contribution is 2.34. The summed E-state index contributed by atoms with van der Waals surface area (Å²) in [7, 11) is 0. The van der Waals surface area contributed by atoms with Crippen LogP contribution < -0.4 is 4.72 Å². The lowest BCUT2D eigenvalue weighted by molar-refractivity contribution is -0.138. The summed E-state index contributed by atoms with van der Waals surface area (Å²) < 4.78 is 52.6. The van der Waals surface area contributed by atoms with E-state index < -0.39 is 46.3 Å². The van der Waals surface area contributed by atoms with Crippen LogP contribution in [-0.4, -0.2) is 20.4 Å². The van der Waals surface area contributed by atoms with Crippen LogP contribution in [0.1, 0.15) is 44.4 Å². The normalized spacial score (nSPS) is 15.3. The lowest BCUT2D eigenvalue weighted by atomic mass is 10.0. The molecule has 130 valence electrons. The Kier molecular flexibility index (Phi) is 6.37. The van der Waals surface area contributed by atoms with Crippen LogP contribution >= 0.6 is 11.6 Å². The molecule has 1 aromatic carbocycles. The second-order valence-electron chi connectivity index (χ2n) is 5.92. The zero-order chi connectivity index (χ0) is 18.0. The maximum Gasteiger partial charge on any atom is 0.416 e. The van der Waals surface area contributed by atoms with E-state index in [-0.39, 0.29) is 10.6 Å². The van der Waals surface area contributed by atoms with Gasteiger partial charge in [0.15, 0.2) is 0 Å². The zero-order valence-electron chi connectivity index (χ0n) is 12.7. The molecular weight excluding hydrogens is 355 g/mol. The van der Waals surface area contributed by atoms with E-state index in [9.17, 15) is 22.5 Å².